The highest BCUT2D eigenvalue weighted by molar-refractivity contribution is 6.69. The van der Waals surface area contributed by atoms with Crippen LogP contribution >= 0.6 is 0 Å². The number of carbonyl (C=O) groups excluding carboxylic acids is 1. The SMILES string of the molecule is C[Si](C)(C)OCCOCCOCCOCCOCCOCCOCCOCCOCCNC(=O)OCC1c2ccccc2-c2ccccc21. The molecule has 3 rings (SSSR count). The molecule has 1 N–H and O–H groups in total. The van der Waals surface area contributed by atoms with Crippen molar-refractivity contribution in [3.63, 3.8) is 0 Å². The summed E-state index contributed by atoms with van der Waals surface area (Å²) < 4.78 is 55.2. The Morgan fingerprint density at radius 2 is 0.878 bits per heavy atom. The molecular formula is C36H57NO11Si. The Labute approximate surface area is 293 Å². The van der Waals surface area contributed by atoms with Gasteiger partial charge in [0.1, 0.15) is 6.61 Å². The van der Waals surface area contributed by atoms with Crippen LogP contribution in [0.1, 0.15) is 17.0 Å². The number of ether oxygens (including phenoxy) is 9. The molecule has 0 spiro atoms. The van der Waals surface area contributed by atoms with Crippen molar-refractivity contribution in [3.8, 4) is 11.1 Å². The van der Waals surface area contributed by atoms with Gasteiger partial charge in [-0.25, -0.2) is 4.79 Å². The summed E-state index contributed by atoms with van der Waals surface area (Å²) in [6.07, 6.45) is -0.449. The van der Waals surface area contributed by atoms with Gasteiger partial charge in [-0.3, -0.25) is 0 Å². The molecule has 0 heterocycles. The van der Waals surface area contributed by atoms with Gasteiger partial charge in [0, 0.05) is 12.5 Å². The first-order chi connectivity index (χ1) is 24.0. The molecule has 12 nitrogen and oxygen atoms in total. The minimum absolute atomic E-state index is 0.0407. The lowest BCUT2D eigenvalue weighted by molar-refractivity contribution is -0.0236. The fraction of sp³-hybridized carbons (Fsp3) is 0.639. The van der Waals surface area contributed by atoms with Crippen LogP contribution in [0.3, 0.4) is 0 Å². The van der Waals surface area contributed by atoms with Gasteiger partial charge in [-0.2, -0.15) is 0 Å². The third-order valence-electron chi connectivity index (χ3n) is 7.23. The summed E-state index contributed by atoms with van der Waals surface area (Å²) in [5.41, 5.74) is 4.78. The summed E-state index contributed by atoms with van der Waals surface area (Å²) in [4.78, 5) is 12.2. The highest BCUT2D eigenvalue weighted by Gasteiger charge is 2.28. The third-order valence-corrected chi connectivity index (χ3v) is 8.30. The maximum Gasteiger partial charge on any atom is 0.407 e. The van der Waals surface area contributed by atoms with Crippen LogP contribution < -0.4 is 5.32 Å². The van der Waals surface area contributed by atoms with Crippen molar-refractivity contribution < 1.29 is 51.9 Å². The van der Waals surface area contributed by atoms with Crippen molar-refractivity contribution in [2.75, 3.05) is 125 Å². The second kappa shape index (κ2) is 25.5. The summed E-state index contributed by atoms with van der Waals surface area (Å²) in [6.45, 7) is 15.7. The van der Waals surface area contributed by atoms with E-state index in [0.717, 1.165) is 0 Å². The van der Waals surface area contributed by atoms with Crippen molar-refractivity contribution in [3.05, 3.63) is 59.7 Å². The predicted molar refractivity (Wildman–Crippen MR) is 189 cm³/mol. The zero-order valence-electron chi connectivity index (χ0n) is 29.6. The smallest absolute Gasteiger partial charge is 0.407 e. The fourth-order valence-corrected chi connectivity index (χ4v) is 5.62. The number of rotatable bonds is 30. The number of hydrogen-bond acceptors (Lipinski definition) is 11. The van der Waals surface area contributed by atoms with Gasteiger partial charge in [0.2, 0.25) is 0 Å². The number of hydrogen-bond donors (Lipinski definition) is 1. The highest BCUT2D eigenvalue weighted by Crippen LogP contribution is 2.44. The molecule has 0 atom stereocenters. The number of carbonyl (C=O) groups is 1. The van der Waals surface area contributed by atoms with E-state index in [2.05, 4.69) is 49.2 Å². The molecule has 2 aromatic rings. The molecule has 1 amide bonds. The van der Waals surface area contributed by atoms with Gasteiger partial charge in [0.05, 0.1) is 112 Å². The molecule has 2 aromatic carbocycles. The number of amides is 1. The first kappa shape index (κ1) is 41.0. The molecule has 0 bridgehead atoms. The van der Waals surface area contributed by atoms with Crippen molar-refractivity contribution >= 4 is 14.4 Å². The molecule has 49 heavy (non-hydrogen) atoms. The minimum atomic E-state index is -1.46. The number of alkyl carbamates (subject to hydrolysis) is 1. The van der Waals surface area contributed by atoms with Crippen LogP contribution in [0.2, 0.25) is 19.6 Å². The largest absolute Gasteiger partial charge is 0.449 e. The molecule has 0 radical (unpaired) electrons. The monoisotopic (exact) mass is 707 g/mol. The maximum absolute atomic E-state index is 12.2. The summed E-state index contributed by atoms with van der Waals surface area (Å²) >= 11 is 0. The maximum atomic E-state index is 12.2. The van der Waals surface area contributed by atoms with E-state index in [0.29, 0.717) is 125 Å². The lowest BCUT2D eigenvalue weighted by atomic mass is 9.98. The van der Waals surface area contributed by atoms with Crippen molar-refractivity contribution in [1.82, 2.24) is 5.32 Å². The Kier molecular flexibility index (Phi) is 21.3. The van der Waals surface area contributed by atoms with Gasteiger partial charge in [-0.05, 0) is 41.9 Å². The van der Waals surface area contributed by atoms with E-state index in [-0.39, 0.29) is 5.92 Å². The lowest BCUT2D eigenvalue weighted by Gasteiger charge is -2.16. The van der Waals surface area contributed by atoms with Crippen LogP contribution in [-0.2, 0) is 47.1 Å². The molecule has 0 fully saturated rings. The zero-order chi connectivity index (χ0) is 34.8. The topological polar surface area (TPSA) is 121 Å². The van der Waals surface area contributed by atoms with Crippen LogP contribution in [0.4, 0.5) is 4.79 Å². The number of fused-ring (bicyclic) bond motifs is 3. The number of nitrogens with one attached hydrogen (secondary N) is 1. The van der Waals surface area contributed by atoms with Gasteiger partial charge >= 0.3 is 6.09 Å². The molecule has 0 aliphatic heterocycles. The summed E-state index contributed by atoms with van der Waals surface area (Å²) in [5, 5.41) is 2.74. The molecule has 0 aromatic heterocycles. The van der Waals surface area contributed by atoms with E-state index >= 15 is 0 Å². The molecule has 276 valence electrons. The average molecular weight is 708 g/mol. The third kappa shape index (κ3) is 18.4. The van der Waals surface area contributed by atoms with Crippen molar-refractivity contribution in [2.45, 2.75) is 25.6 Å². The zero-order valence-corrected chi connectivity index (χ0v) is 30.6. The molecule has 0 saturated carbocycles. The van der Waals surface area contributed by atoms with Crippen molar-refractivity contribution in [1.29, 1.82) is 0 Å². The van der Waals surface area contributed by atoms with Gasteiger partial charge < -0.3 is 52.4 Å². The molecule has 0 unspecified atom stereocenters. The van der Waals surface area contributed by atoms with Crippen LogP contribution in [0.25, 0.3) is 11.1 Å². The molecule has 1 aliphatic rings. The van der Waals surface area contributed by atoms with Gasteiger partial charge in [0.25, 0.3) is 0 Å². The Morgan fingerprint density at radius 3 is 1.27 bits per heavy atom. The Bertz CT molecular complexity index is 1100. The normalized spacial score (nSPS) is 12.6. The lowest BCUT2D eigenvalue weighted by Crippen LogP contribution is -2.29. The van der Waals surface area contributed by atoms with Crippen molar-refractivity contribution in [2.24, 2.45) is 0 Å². The standard InChI is InChI=1S/C36H57NO11Si/c1-49(2,3)48-29-28-46-27-26-45-25-24-44-23-22-43-21-20-42-19-18-41-17-16-40-15-14-39-13-12-37-36(38)47-30-35-33-10-6-4-8-31(33)32-9-5-7-11-34(32)35/h4-11,35H,12-30H2,1-3H3,(H,37,38). The van der Waals surface area contributed by atoms with Crippen LogP contribution in [0.15, 0.2) is 48.5 Å². The van der Waals surface area contributed by atoms with Gasteiger partial charge in [-0.15, -0.1) is 0 Å². The van der Waals surface area contributed by atoms with Crippen LogP contribution in [0.5, 0.6) is 0 Å². The second-order valence-electron chi connectivity index (χ2n) is 12.1. The van der Waals surface area contributed by atoms with E-state index in [9.17, 15) is 4.79 Å². The highest BCUT2D eigenvalue weighted by atomic mass is 28.4. The Morgan fingerprint density at radius 1 is 0.531 bits per heavy atom. The fourth-order valence-electron chi connectivity index (χ4n) is 4.92. The van der Waals surface area contributed by atoms with Crippen LogP contribution in [-0.4, -0.2) is 140 Å². The minimum Gasteiger partial charge on any atom is -0.449 e. The molecule has 1 aliphatic carbocycles. The molecular weight excluding hydrogens is 650 g/mol. The van der Waals surface area contributed by atoms with E-state index in [4.69, 9.17) is 47.1 Å². The number of benzene rings is 2. The predicted octanol–water partition coefficient (Wildman–Crippen LogP) is 4.51. The quantitative estimate of drug-likeness (QED) is 0.0913. The second-order valence-corrected chi connectivity index (χ2v) is 16.6. The first-order valence-corrected chi connectivity index (χ1v) is 20.7. The van der Waals surface area contributed by atoms with Gasteiger partial charge in [-0.1, -0.05) is 48.5 Å². The van der Waals surface area contributed by atoms with Crippen LogP contribution in [0, 0.1) is 0 Å². The summed E-state index contributed by atoms with van der Waals surface area (Å²) in [5.74, 6) is 0.0407. The van der Waals surface area contributed by atoms with E-state index in [1.54, 1.807) is 0 Å². The van der Waals surface area contributed by atoms with Gasteiger partial charge in [0.15, 0.2) is 8.32 Å². The summed E-state index contributed by atoms with van der Waals surface area (Å²) in [7, 11) is -1.46. The molecule has 0 saturated heterocycles. The Hall–Kier alpha value is -2.43. The first-order valence-electron chi connectivity index (χ1n) is 17.3. The molecule has 13 heteroatoms. The van der Waals surface area contributed by atoms with E-state index in [1.807, 2.05) is 24.3 Å². The summed E-state index contributed by atoms with van der Waals surface area (Å²) in [6, 6.07) is 16.5. The van der Waals surface area contributed by atoms with E-state index < -0.39 is 14.4 Å². The van der Waals surface area contributed by atoms with E-state index in [1.165, 1.54) is 22.3 Å². The average Bonchev–Trinajstić information content (AvgIpc) is 3.41. The Balaban J connectivity index is 0.985.